The number of aliphatic imine (C=N–C) groups is 1. The third-order valence-corrected chi connectivity index (χ3v) is 4.95. The lowest BCUT2D eigenvalue weighted by Crippen LogP contribution is -2.40. The SMILES string of the molecule is CC(C)(O)C#CC1=CC=C2OCC3CSC(C(N)=O)=NC23C=C1. The molecule has 6 heteroatoms. The fourth-order valence-corrected chi connectivity index (χ4v) is 3.71. The predicted octanol–water partition coefficient (Wildman–Crippen LogP) is 1.16. The number of rotatable bonds is 1. The fraction of sp³-hybridized carbons (Fsp3) is 0.412. The van der Waals surface area contributed by atoms with Crippen LogP contribution in [0.2, 0.25) is 0 Å². The van der Waals surface area contributed by atoms with Crippen molar-refractivity contribution < 1.29 is 14.6 Å². The van der Waals surface area contributed by atoms with Crippen molar-refractivity contribution >= 4 is 22.7 Å². The lowest BCUT2D eigenvalue weighted by atomic mass is 9.86. The monoisotopic (exact) mass is 330 g/mol. The molecule has 0 saturated carbocycles. The van der Waals surface area contributed by atoms with E-state index in [1.54, 1.807) is 13.8 Å². The summed E-state index contributed by atoms with van der Waals surface area (Å²) in [6.07, 6.45) is 7.47. The summed E-state index contributed by atoms with van der Waals surface area (Å²) in [5.41, 5.74) is 4.41. The Morgan fingerprint density at radius 1 is 1.57 bits per heavy atom. The molecule has 1 aliphatic carbocycles. The summed E-state index contributed by atoms with van der Waals surface area (Å²) >= 11 is 1.38. The van der Waals surface area contributed by atoms with Gasteiger partial charge in [0.1, 0.15) is 16.9 Å². The van der Waals surface area contributed by atoms with Gasteiger partial charge in [-0.2, -0.15) is 0 Å². The van der Waals surface area contributed by atoms with Gasteiger partial charge in [-0.3, -0.25) is 9.79 Å². The molecule has 2 heterocycles. The Bertz CT molecular complexity index is 731. The smallest absolute Gasteiger partial charge is 0.273 e. The number of aliphatic hydroxyl groups is 1. The minimum Gasteiger partial charge on any atom is -0.495 e. The molecule has 2 unspecified atom stereocenters. The first kappa shape index (κ1) is 15.9. The van der Waals surface area contributed by atoms with Crippen molar-refractivity contribution in [1.29, 1.82) is 0 Å². The van der Waals surface area contributed by atoms with Crippen LogP contribution in [0.3, 0.4) is 0 Å². The van der Waals surface area contributed by atoms with E-state index in [4.69, 9.17) is 10.5 Å². The number of thioether (sulfide) groups is 1. The van der Waals surface area contributed by atoms with Gasteiger partial charge in [-0.25, -0.2) is 0 Å². The Labute approximate surface area is 139 Å². The number of carbonyl (C=O) groups is 1. The number of amides is 1. The second-order valence-corrected chi connectivity index (χ2v) is 7.23. The minimum absolute atomic E-state index is 0.160. The number of carbonyl (C=O) groups excluding carboxylic acids is 1. The highest BCUT2D eigenvalue weighted by Gasteiger charge is 2.50. The van der Waals surface area contributed by atoms with Crippen LogP contribution in [-0.2, 0) is 9.53 Å². The number of nitrogens with two attached hydrogens (primary N) is 1. The van der Waals surface area contributed by atoms with Crippen molar-refractivity contribution in [3.8, 4) is 11.8 Å². The number of hydrogen-bond acceptors (Lipinski definition) is 5. The van der Waals surface area contributed by atoms with E-state index in [1.165, 1.54) is 11.8 Å². The standard InChI is InChI=1S/C17H18N2O3S/c1-16(2,21)7-5-11-3-4-13-17(8-6-11)12(9-22-13)10-23-15(19-17)14(18)20/h3-4,6,8,12,21H,9-10H2,1-2H3,(H2,18,20). The second-order valence-electron chi connectivity index (χ2n) is 6.22. The van der Waals surface area contributed by atoms with E-state index < -0.39 is 17.0 Å². The van der Waals surface area contributed by atoms with Crippen molar-refractivity contribution in [2.75, 3.05) is 12.4 Å². The van der Waals surface area contributed by atoms with Gasteiger partial charge in [0.15, 0.2) is 5.04 Å². The summed E-state index contributed by atoms with van der Waals surface area (Å²) in [4.78, 5) is 16.1. The van der Waals surface area contributed by atoms with Crippen LogP contribution in [0.4, 0.5) is 0 Å². The van der Waals surface area contributed by atoms with Crippen LogP contribution in [-0.4, -0.2) is 39.6 Å². The molecule has 3 N–H and O–H groups in total. The molecule has 2 aliphatic heterocycles. The molecular weight excluding hydrogens is 312 g/mol. The Hall–Kier alpha value is -1.97. The third kappa shape index (κ3) is 3.07. The predicted molar refractivity (Wildman–Crippen MR) is 90.6 cm³/mol. The molecule has 1 saturated heterocycles. The van der Waals surface area contributed by atoms with Crippen LogP contribution in [0.1, 0.15) is 13.8 Å². The van der Waals surface area contributed by atoms with Crippen LogP contribution < -0.4 is 5.73 Å². The van der Waals surface area contributed by atoms with Gasteiger partial charge in [0.05, 0.1) is 6.61 Å². The van der Waals surface area contributed by atoms with E-state index in [0.29, 0.717) is 17.4 Å². The van der Waals surface area contributed by atoms with Gasteiger partial charge in [-0.05, 0) is 38.2 Å². The summed E-state index contributed by atoms with van der Waals surface area (Å²) in [7, 11) is 0. The van der Waals surface area contributed by atoms with Gasteiger partial charge in [0.25, 0.3) is 5.91 Å². The largest absolute Gasteiger partial charge is 0.495 e. The summed E-state index contributed by atoms with van der Waals surface area (Å²) < 4.78 is 5.79. The summed E-state index contributed by atoms with van der Waals surface area (Å²) in [6.45, 7) is 3.83. The molecule has 0 bridgehead atoms. The van der Waals surface area contributed by atoms with Crippen LogP contribution in [0.25, 0.3) is 0 Å². The minimum atomic E-state index is -1.06. The van der Waals surface area contributed by atoms with Gasteiger partial charge in [-0.1, -0.05) is 11.8 Å². The molecule has 1 spiro atoms. The molecule has 120 valence electrons. The van der Waals surface area contributed by atoms with E-state index in [2.05, 4.69) is 16.8 Å². The zero-order valence-electron chi connectivity index (χ0n) is 13.0. The molecule has 5 nitrogen and oxygen atoms in total. The molecule has 1 amide bonds. The van der Waals surface area contributed by atoms with Gasteiger partial charge in [0.2, 0.25) is 0 Å². The Kier molecular flexibility index (Phi) is 3.86. The maximum absolute atomic E-state index is 11.5. The molecule has 0 aromatic heterocycles. The Balaban J connectivity index is 2.00. The Morgan fingerprint density at radius 3 is 3.04 bits per heavy atom. The number of nitrogens with zero attached hydrogens (tertiary/aromatic N) is 1. The maximum atomic E-state index is 11.5. The van der Waals surface area contributed by atoms with Crippen molar-refractivity contribution in [2.24, 2.45) is 16.6 Å². The fourth-order valence-electron chi connectivity index (χ4n) is 2.65. The highest BCUT2D eigenvalue weighted by molar-refractivity contribution is 8.15. The molecule has 1 fully saturated rings. The lowest BCUT2D eigenvalue weighted by molar-refractivity contribution is -0.111. The Morgan fingerprint density at radius 2 is 2.35 bits per heavy atom. The van der Waals surface area contributed by atoms with Gasteiger partial charge in [-0.15, -0.1) is 11.8 Å². The van der Waals surface area contributed by atoms with Crippen LogP contribution in [0, 0.1) is 17.8 Å². The first-order valence-corrected chi connectivity index (χ1v) is 8.31. The van der Waals surface area contributed by atoms with E-state index >= 15 is 0 Å². The first-order valence-electron chi connectivity index (χ1n) is 7.33. The number of hydrogen-bond donors (Lipinski definition) is 2. The van der Waals surface area contributed by atoms with Crippen molar-refractivity contribution in [3.63, 3.8) is 0 Å². The number of allylic oxidation sites excluding steroid dienone is 4. The highest BCUT2D eigenvalue weighted by atomic mass is 32.2. The second kappa shape index (κ2) is 5.59. The molecule has 2 atom stereocenters. The van der Waals surface area contributed by atoms with Crippen LogP contribution in [0.15, 0.2) is 40.6 Å². The maximum Gasteiger partial charge on any atom is 0.273 e. The molecule has 3 aliphatic rings. The van der Waals surface area contributed by atoms with Crippen LogP contribution >= 0.6 is 11.8 Å². The van der Waals surface area contributed by atoms with Gasteiger partial charge < -0.3 is 15.6 Å². The topological polar surface area (TPSA) is 84.9 Å². The highest BCUT2D eigenvalue weighted by Crippen LogP contribution is 2.45. The van der Waals surface area contributed by atoms with Crippen molar-refractivity contribution in [1.82, 2.24) is 0 Å². The van der Waals surface area contributed by atoms with E-state index in [1.807, 2.05) is 24.3 Å². The summed E-state index contributed by atoms with van der Waals surface area (Å²) in [5.74, 6) is 6.81. The number of primary amides is 1. The van der Waals surface area contributed by atoms with E-state index in [0.717, 1.165) is 11.3 Å². The molecule has 0 aromatic carbocycles. The van der Waals surface area contributed by atoms with Gasteiger partial charge in [0, 0.05) is 17.2 Å². The average molecular weight is 330 g/mol. The molecular formula is C17H18N2O3S. The third-order valence-electron chi connectivity index (χ3n) is 3.82. The molecule has 0 aromatic rings. The average Bonchev–Trinajstić information content (AvgIpc) is 2.74. The lowest BCUT2D eigenvalue weighted by Gasteiger charge is -2.30. The van der Waals surface area contributed by atoms with Crippen LogP contribution in [0.5, 0.6) is 0 Å². The molecule has 0 radical (unpaired) electrons. The van der Waals surface area contributed by atoms with E-state index in [9.17, 15) is 9.90 Å². The van der Waals surface area contributed by atoms with Crippen molar-refractivity contribution in [2.45, 2.75) is 25.0 Å². The van der Waals surface area contributed by atoms with Gasteiger partial charge >= 0.3 is 0 Å². The normalized spacial score (nSPS) is 28.8. The molecule has 3 rings (SSSR count). The quantitative estimate of drug-likeness (QED) is 0.707. The molecule has 23 heavy (non-hydrogen) atoms. The zero-order chi connectivity index (χ0) is 16.7. The summed E-state index contributed by atoms with van der Waals surface area (Å²) in [5, 5.41) is 10.0. The zero-order valence-corrected chi connectivity index (χ0v) is 13.8. The summed E-state index contributed by atoms with van der Waals surface area (Å²) in [6, 6.07) is 0. The first-order chi connectivity index (χ1) is 10.8. The van der Waals surface area contributed by atoms with E-state index in [-0.39, 0.29) is 5.92 Å². The van der Waals surface area contributed by atoms with Crippen molar-refractivity contribution in [3.05, 3.63) is 35.6 Å². The number of ether oxygens (including phenoxy) is 1.